The predicted molar refractivity (Wildman–Crippen MR) is 129 cm³/mol. The van der Waals surface area contributed by atoms with Gasteiger partial charge in [0.2, 0.25) is 5.78 Å². The summed E-state index contributed by atoms with van der Waals surface area (Å²) in [6.45, 7) is 5.60. The van der Waals surface area contributed by atoms with Crippen LogP contribution in [0.25, 0.3) is 10.9 Å². The summed E-state index contributed by atoms with van der Waals surface area (Å²) in [6, 6.07) is 15.6. The molecule has 3 saturated heterocycles. The summed E-state index contributed by atoms with van der Waals surface area (Å²) in [6.07, 6.45) is 4.63. The largest absolute Gasteiger partial charge is 0.382 e. The second kappa shape index (κ2) is 8.74. The van der Waals surface area contributed by atoms with Crippen molar-refractivity contribution in [2.45, 2.75) is 25.0 Å². The lowest BCUT2D eigenvalue weighted by Crippen LogP contribution is -2.69. The molecule has 0 radical (unpaired) electrons. The van der Waals surface area contributed by atoms with Crippen molar-refractivity contribution in [3.8, 4) is 0 Å². The minimum Gasteiger partial charge on any atom is -0.382 e. The second-order valence-electron chi connectivity index (χ2n) is 9.59. The first-order valence-corrected chi connectivity index (χ1v) is 11.7. The van der Waals surface area contributed by atoms with E-state index in [1.54, 1.807) is 18.3 Å². The number of piperidine rings is 3. The van der Waals surface area contributed by atoms with E-state index in [4.69, 9.17) is 0 Å². The Hall–Kier alpha value is -3.42. The van der Waals surface area contributed by atoms with Crippen molar-refractivity contribution in [2.75, 3.05) is 19.6 Å². The number of Topliss-reactive ketones (excluding diaryl/α,β-unsaturated/α-hetero) is 1. The number of ketones is 1. The molecule has 34 heavy (non-hydrogen) atoms. The summed E-state index contributed by atoms with van der Waals surface area (Å²) in [4.78, 5) is 29.0. The fraction of sp³-hybridized carbons (Fsp3) is 0.333. The zero-order chi connectivity index (χ0) is 23.9. The Kier molecular flexibility index (Phi) is 5.75. The summed E-state index contributed by atoms with van der Waals surface area (Å²) in [5.74, 6) is 0.406. The van der Waals surface area contributed by atoms with Crippen LogP contribution in [0.2, 0.25) is 0 Å². The Morgan fingerprint density at radius 1 is 1.24 bits per heavy atom. The molecule has 2 aromatic carbocycles. The average Bonchev–Trinajstić information content (AvgIpc) is 2.87. The molecular weight excluding hydrogens is 430 g/mol. The first kappa shape index (κ1) is 22.4. The summed E-state index contributed by atoms with van der Waals surface area (Å²) in [7, 11) is 0. The van der Waals surface area contributed by atoms with Gasteiger partial charge in [0.1, 0.15) is 24.3 Å². The van der Waals surface area contributed by atoms with Crippen LogP contribution in [0.4, 0.5) is 5.69 Å². The highest BCUT2D eigenvalue weighted by atomic mass is 16.6. The summed E-state index contributed by atoms with van der Waals surface area (Å²) in [5.41, 5.74) is 1.59. The number of hydrogen-bond acceptors (Lipinski definition) is 5. The molecule has 0 spiro atoms. The number of aliphatic hydroxyl groups excluding tert-OH is 1. The number of fused-ring (bicyclic) bond motifs is 4. The molecule has 3 aliphatic rings. The van der Waals surface area contributed by atoms with Crippen molar-refractivity contribution in [3.05, 3.63) is 94.7 Å². The van der Waals surface area contributed by atoms with E-state index in [0.29, 0.717) is 16.9 Å². The molecule has 1 aromatic heterocycles. The monoisotopic (exact) mass is 458 g/mol. The number of para-hydroxylation sites is 2. The first-order chi connectivity index (χ1) is 16.4. The molecule has 3 aliphatic heterocycles. The Bertz CT molecular complexity index is 1270. The maximum absolute atomic E-state index is 13.5. The zero-order valence-corrected chi connectivity index (χ0v) is 18.9. The van der Waals surface area contributed by atoms with Crippen LogP contribution in [-0.4, -0.2) is 51.0 Å². The van der Waals surface area contributed by atoms with Crippen LogP contribution in [0, 0.1) is 22.0 Å². The normalized spacial score (nSPS) is 26.8. The van der Waals surface area contributed by atoms with Gasteiger partial charge in [0.05, 0.1) is 23.5 Å². The number of rotatable bonds is 7. The van der Waals surface area contributed by atoms with Gasteiger partial charge >= 0.3 is 0 Å². The molecule has 1 N–H and O–H groups in total. The topological polar surface area (TPSA) is 93.3 Å². The number of pyridine rings is 1. The van der Waals surface area contributed by atoms with Gasteiger partial charge in [-0.25, -0.2) is 0 Å². The van der Waals surface area contributed by atoms with Gasteiger partial charge in [0.25, 0.3) is 5.69 Å². The van der Waals surface area contributed by atoms with Crippen LogP contribution < -0.4 is 0 Å². The van der Waals surface area contributed by atoms with Gasteiger partial charge in [-0.2, -0.15) is 0 Å². The smallest absolute Gasteiger partial charge is 0.280 e. The molecular formula is C27H28N3O4+. The number of carbonyl (C=O) groups excluding carboxylic acids is 1. The molecule has 0 aliphatic carbocycles. The van der Waals surface area contributed by atoms with Crippen molar-refractivity contribution in [2.24, 2.45) is 11.8 Å². The maximum atomic E-state index is 13.5. The Morgan fingerprint density at radius 3 is 2.79 bits per heavy atom. The summed E-state index contributed by atoms with van der Waals surface area (Å²) >= 11 is 0. The van der Waals surface area contributed by atoms with Gasteiger partial charge in [0, 0.05) is 36.4 Å². The SMILES string of the molecule is C=C[C@H]1C[N@+]2(CC(=O)c3ccccc3[N+](=O)[O-])CC[C@H]1C[C@H]2[C@H](O)c1ccnc2ccccc12. The molecule has 3 fully saturated rings. The minimum absolute atomic E-state index is 0.118. The lowest BCUT2D eigenvalue weighted by molar-refractivity contribution is -0.966. The van der Waals surface area contributed by atoms with Crippen molar-refractivity contribution in [1.82, 2.24) is 4.98 Å². The molecule has 2 bridgehead atoms. The van der Waals surface area contributed by atoms with E-state index in [2.05, 4.69) is 11.6 Å². The van der Waals surface area contributed by atoms with E-state index in [0.717, 1.165) is 35.9 Å². The molecule has 174 valence electrons. The van der Waals surface area contributed by atoms with E-state index < -0.39 is 11.0 Å². The number of aliphatic hydroxyl groups is 1. The molecule has 7 heteroatoms. The number of nitro groups is 1. The van der Waals surface area contributed by atoms with Crippen LogP contribution in [0.3, 0.4) is 0 Å². The van der Waals surface area contributed by atoms with Crippen LogP contribution in [0.1, 0.15) is 34.9 Å². The van der Waals surface area contributed by atoms with E-state index in [-0.39, 0.29) is 35.5 Å². The molecule has 0 amide bonds. The van der Waals surface area contributed by atoms with Crippen LogP contribution in [0.5, 0.6) is 0 Å². The lowest BCUT2D eigenvalue weighted by Gasteiger charge is -2.57. The first-order valence-electron chi connectivity index (χ1n) is 11.7. The third kappa shape index (κ3) is 3.71. The molecule has 7 nitrogen and oxygen atoms in total. The van der Waals surface area contributed by atoms with Gasteiger partial charge in [-0.05, 0) is 29.7 Å². The quantitative estimate of drug-likeness (QED) is 0.185. The van der Waals surface area contributed by atoms with Gasteiger partial charge in [0.15, 0.2) is 0 Å². The number of carbonyl (C=O) groups is 1. The minimum atomic E-state index is -0.778. The van der Waals surface area contributed by atoms with E-state index in [1.807, 2.05) is 36.4 Å². The zero-order valence-electron chi connectivity index (χ0n) is 18.9. The van der Waals surface area contributed by atoms with Gasteiger partial charge in [-0.3, -0.25) is 19.9 Å². The molecule has 6 rings (SSSR count). The number of benzene rings is 2. The van der Waals surface area contributed by atoms with E-state index >= 15 is 0 Å². The predicted octanol–water partition coefficient (Wildman–Crippen LogP) is 4.47. The standard InChI is InChI=1S/C27H28N3O4/c1-2-18-16-30(17-26(31)22-8-4-6-10-24(22)29(33)34)14-12-19(18)15-25(30)27(32)21-11-13-28-23-9-5-3-7-20(21)23/h2-11,13,18-19,25,27,32H,1,12,14-17H2/q+1/t18-,19-,25-,27+,30-/m0/s1. The fourth-order valence-electron chi connectivity index (χ4n) is 6.20. The number of quaternary nitrogens is 1. The van der Waals surface area contributed by atoms with Crippen LogP contribution >= 0.6 is 0 Å². The summed E-state index contributed by atoms with van der Waals surface area (Å²) < 4.78 is 0.413. The van der Waals surface area contributed by atoms with Crippen LogP contribution in [-0.2, 0) is 0 Å². The highest BCUT2D eigenvalue weighted by Gasteiger charge is 2.55. The Balaban J connectivity index is 1.54. The van der Waals surface area contributed by atoms with E-state index in [9.17, 15) is 20.0 Å². The van der Waals surface area contributed by atoms with E-state index in [1.165, 1.54) is 12.1 Å². The Morgan fingerprint density at radius 2 is 2.00 bits per heavy atom. The van der Waals surface area contributed by atoms with Crippen molar-refractivity contribution in [1.29, 1.82) is 0 Å². The highest BCUT2D eigenvalue weighted by Crippen LogP contribution is 2.47. The molecule has 5 atom stereocenters. The average molecular weight is 459 g/mol. The number of nitrogens with zero attached hydrogens (tertiary/aromatic N) is 3. The summed E-state index contributed by atoms with van der Waals surface area (Å²) in [5, 5.41) is 24.2. The molecule has 3 aromatic rings. The van der Waals surface area contributed by atoms with Crippen molar-refractivity contribution in [3.63, 3.8) is 0 Å². The second-order valence-corrected chi connectivity index (χ2v) is 9.59. The van der Waals surface area contributed by atoms with Gasteiger partial charge in [-0.15, -0.1) is 6.58 Å². The lowest BCUT2D eigenvalue weighted by atomic mass is 9.71. The number of hydrogen-bond donors (Lipinski definition) is 1. The Labute approximate surface area is 198 Å². The number of aromatic nitrogens is 1. The van der Waals surface area contributed by atoms with Crippen molar-refractivity contribution >= 4 is 22.4 Å². The maximum Gasteiger partial charge on any atom is 0.280 e. The van der Waals surface area contributed by atoms with Gasteiger partial charge < -0.3 is 9.59 Å². The molecule has 0 saturated carbocycles. The third-order valence-corrected chi connectivity index (χ3v) is 7.90. The fourth-order valence-corrected chi connectivity index (χ4v) is 6.20. The van der Waals surface area contributed by atoms with Crippen LogP contribution in [0.15, 0.2) is 73.4 Å². The molecule has 0 unspecified atom stereocenters. The highest BCUT2D eigenvalue weighted by molar-refractivity contribution is 6.00. The third-order valence-electron chi connectivity index (χ3n) is 7.90. The van der Waals surface area contributed by atoms with Gasteiger partial charge in [-0.1, -0.05) is 36.4 Å². The van der Waals surface area contributed by atoms with Crippen molar-refractivity contribution < 1.29 is 19.3 Å². The number of nitro benzene ring substituents is 1. The molecule has 4 heterocycles.